The van der Waals surface area contributed by atoms with Crippen molar-refractivity contribution < 1.29 is 14.3 Å². The summed E-state index contributed by atoms with van der Waals surface area (Å²) < 4.78 is 4.87. The van der Waals surface area contributed by atoms with Crippen molar-refractivity contribution in [2.45, 2.75) is 39.2 Å². The van der Waals surface area contributed by atoms with E-state index >= 15 is 0 Å². The number of piperidine rings is 1. The highest BCUT2D eigenvalue weighted by molar-refractivity contribution is 5.76. The molecule has 5 nitrogen and oxygen atoms in total. The fourth-order valence-corrected chi connectivity index (χ4v) is 2.09. The normalized spacial score (nSPS) is 16.3. The van der Waals surface area contributed by atoms with Gasteiger partial charge in [0, 0.05) is 25.6 Å². The minimum Gasteiger partial charge on any atom is -0.445 e. The lowest BCUT2D eigenvalue weighted by Crippen LogP contribution is -2.46. The van der Waals surface area contributed by atoms with Crippen LogP contribution in [0.1, 0.15) is 33.1 Å². The highest BCUT2D eigenvalue weighted by atomic mass is 16.5. The lowest BCUT2D eigenvalue weighted by Gasteiger charge is -2.32. The molecule has 19 heavy (non-hydrogen) atoms. The molecule has 1 rings (SSSR count). The minimum atomic E-state index is -0.410. The first-order chi connectivity index (χ1) is 9.02. The van der Waals surface area contributed by atoms with Crippen LogP contribution in [0.5, 0.6) is 0 Å². The van der Waals surface area contributed by atoms with E-state index < -0.39 is 6.09 Å². The van der Waals surface area contributed by atoms with Gasteiger partial charge in [-0.3, -0.25) is 4.79 Å². The third-order valence-electron chi connectivity index (χ3n) is 3.08. The molecule has 108 valence electrons. The number of amides is 2. The Labute approximate surface area is 115 Å². The zero-order valence-electron chi connectivity index (χ0n) is 11.9. The van der Waals surface area contributed by atoms with E-state index in [1.807, 2.05) is 18.7 Å². The summed E-state index contributed by atoms with van der Waals surface area (Å²) in [6, 6.07) is 0.0976. The summed E-state index contributed by atoms with van der Waals surface area (Å²) >= 11 is 0. The third kappa shape index (κ3) is 5.77. The van der Waals surface area contributed by atoms with Gasteiger partial charge in [-0.25, -0.2) is 4.79 Å². The lowest BCUT2D eigenvalue weighted by atomic mass is 10.0. The van der Waals surface area contributed by atoms with E-state index in [1.165, 1.54) is 6.08 Å². The largest absolute Gasteiger partial charge is 0.445 e. The number of nitrogens with zero attached hydrogens (tertiary/aromatic N) is 1. The summed E-state index contributed by atoms with van der Waals surface area (Å²) in [7, 11) is 0. The topological polar surface area (TPSA) is 58.6 Å². The molecular formula is C14H24N2O3. The Bertz CT molecular complexity index is 321. The molecular weight excluding hydrogens is 244 g/mol. The lowest BCUT2D eigenvalue weighted by molar-refractivity contribution is -0.133. The molecule has 1 aliphatic rings. The summed E-state index contributed by atoms with van der Waals surface area (Å²) in [4.78, 5) is 25.1. The summed E-state index contributed by atoms with van der Waals surface area (Å²) in [5.41, 5.74) is 0. The van der Waals surface area contributed by atoms with Crippen LogP contribution in [0, 0.1) is 5.92 Å². The van der Waals surface area contributed by atoms with Gasteiger partial charge in [0.1, 0.15) is 6.61 Å². The highest BCUT2D eigenvalue weighted by Crippen LogP contribution is 2.13. The van der Waals surface area contributed by atoms with Gasteiger partial charge in [0.2, 0.25) is 5.91 Å². The maximum absolute atomic E-state index is 11.9. The predicted molar refractivity (Wildman–Crippen MR) is 73.7 cm³/mol. The molecule has 0 atom stereocenters. The monoisotopic (exact) mass is 268 g/mol. The molecule has 0 aromatic heterocycles. The predicted octanol–water partition coefficient (Wildman–Crippen LogP) is 1.94. The number of likely N-dealkylation sites (tertiary alicyclic amines) is 1. The van der Waals surface area contributed by atoms with Gasteiger partial charge in [-0.2, -0.15) is 0 Å². The van der Waals surface area contributed by atoms with Crippen molar-refractivity contribution in [3.05, 3.63) is 12.7 Å². The molecule has 1 heterocycles. The van der Waals surface area contributed by atoms with Crippen molar-refractivity contribution in [1.29, 1.82) is 0 Å². The van der Waals surface area contributed by atoms with Gasteiger partial charge in [0.05, 0.1) is 0 Å². The molecule has 2 amide bonds. The first-order valence-electron chi connectivity index (χ1n) is 6.85. The van der Waals surface area contributed by atoms with Gasteiger partial charge in [-0.15, -0.1) is 0 Å². The molecule has 1 N–H and O–H groups in total. The van der Waals surface area contributed by atoms with Gasteiger partial charge in [0.25, 0.3) is 0 Å². The second-order valence-electron chi connectivity index (χ2n) is 5.28. The number of hydrogen-bond acceptors (Lipinski definition) is 3. The molecule has 0 spiro atoms. The number of ether oxygens (including phenoxy) is 1. The average Bonchev–Trinajstić information content (AvgIpc) is 2.36. The van der Waals surface area contributed by atoms with Crippen molar-refractivity contribution in [3.8, 4) is 0 Å². The van der Waals surface area contributed by atoms with Crippen LogP contribution >= 0.6 is 0 Å². The van der Waals surface area contributed by atoms with Crippen LogP contribution in [0.3, 0.4) is 0 Å². The number of nitrogens with one attached hydrogen (secondary N) is 1. The second-order valence-corrected chi connectivity index (χ2v) is 5.28. The summed E-state index contributed by atoms with van der Waals surface area (Å²) in [6.07, 6.45) is 3.29. The van der Waals surface area contributed by atoms with E-state index in [0.717, 1.165) is 12.8 Å². The minimum absolute atomic E-state index is 0.0976. The van der Waals surface area contributed by atoms with Crippen LogP contribution in [0.2, 0.25) is 0 Å². The number of rotatable bonds is 5. The molecule has 0 radical (unpaired) electrons. The maximum atomic E-state index is 11.9. The SMILES string of the molecule is C=CCOC(=O)NC1CCN(C(=O)CC(C)C)CC1. The van der Waals surface area contributed by atoms with Crippen molar-refractivity contribution in [3.63, 3.8) is 0 Å². The molecule has 1 fully saturated rings. The van der Waals surface area contributed by atoms with E-state index in [-0.39, 0.29) is 18.6 Å². The molecule has 0 aromatic carbocycles. The van der Waals surface area contributed by atoms with E-state index in [4.69, 9.17) is 4.74 Å². The molecule has 1 aliphatic heterocycles. The van der Waals surface area contributed by atoms with Crippen LogP contribution in [-0.2, 0) is 9.53 Å². The summed E-state index contributed by atoms with van der Waals surface area (Å²) in [6.45, 7) is 9.20. The molecule has 0 aliphatic carbocycles. The number of alkyl carbamates (subject to hydrolysis) is 1. The second kappa shape index (κ2) is 7.81. The first kappa shape index (κ1) is 15.5. The van der Waals surface area contributed by atoms with Crippen LogP contribution < -0.4 is 5.32 Å². The van der Waals surface area contributed by atoms with Crippen molar-refractivity contribution in [2.75, 3.05) is 19.7 Å². The van der Waals surface area contributed by atoms with Gasteiger partial charge in [-0.05, 0) is 18.8 Å². The Hall–Kier alpha value is -1.52. The van der Waals surface area contributed by atoms with E-state index in [2.05, 4.69) is 11.9 Å². The summed E-state index contributed by atoms with van der Waals surface area (Å²) in [5.74, 6) is 0.597. The Kier molecular flexibility index (Phi) is 6.39. The van der Waals surface area contributed by atoms with Crippen molar-refractivity contribution in [2.24, 2.45) is 5.92 Å². The van der Waals surface area contributed by atoms with E-state index in [0.29, 0.717) is 25.4 Å². The highest BCUT2D eigenvalue weighted by Gasteiger charge is 2.24. The van der Waals surface area contributed by atoms with E-state index in [9.17, 15) is 9.59 Å². The number of carbonyl (C=O) groups excluding carboxylic acids is 2. The fourth-order valence-electron chi connectivity index (χ4n) is 2.09. The van der Waals surface area contributed by atoms with Crippen molar-refractivity contribution >= 4 is 12.0 Å². The number of hydrogen-bond donors (Lipinski definition) is 1. The van der Waals surface area contributed by atoms with Crippen LogP contribution in [0.4, 0.5) is 4.79 Å². The zero-order chi connectivity index (χ0) is 14.3. The van der Waals surface area contributed by atoms with Crippen molar-refractivity contribution in [1.82, 2.24) is 10.2 Å². The molecule has 1 saturated heterocycles. The van der Waals surface area contributed by atoms with Gasteiger partial charge >= 0.3 is 6.09 Å². The molecule has 5 heteroatoms. The fraction of sp³-hybridized carbons (Fsp3) is 0.714. The molecule has 0 unspecified atom stereocenters. The molecule has 0 saturated carbocycles. The van der Waals surface area contributed by atoms with Gasteiger partial charge in [-0.1, -0.05) is 26.5 Å². The third-order valence-corrected chi connectivity index (χ3v) is 3.08. The molecule has 0 aromatic rings. The van der Waals surface area contributed by atoms with Crippen LogP contribution in [-0.4, -0.2) is 42.6 Å². The van der Waals surface area contributed by atoms with Crippen LogP contribution in [0.15, 0.2) is 12.7 Å². The quantitative estimate of drug-likeness (QED) is 0.775. The molecule has 0 bridgehead atoms. The Morgan fingerprint density at radius 2 is 2.05 bits per heavy atom. The Morgan fingerprint density at radius 3 is 2.58 bits per heavy atom. The smallest absolute Gasteiger partial charge is 0.407 e. The van der Waals surface area contributed by atoms with Gasteiger partial charge < -0.3 is 15.0 Å². The summed E-state index contributed by atoms with van der Waals surface area (Å²) in [5, 5.41) is 2.81. The maximum Gasteiger partial charge on any atom is 0.407 e. The Morgan fingerprint density at radius 1 is 1.42 bits per heavy atom. The number of carbonyl (C=O) groups is 2. The average molecular weight is 268 g/mol. The van der Waals surface area contributed by atoms with E-state index in [1.54, 1.807) is 0 Å². The standard InChI is InChI=1S/C14H24N2O3/c1-4-9-19-14(18)15-12-5-7-16(8-6-12)13(17)10-11(2)3/h4,11-12H,1,5-10H2,2-3H3,(H,15,18). The Balaban J connectivity index is 2.26. The van der Waals surface area contributed by atoms with Gasteiger partial charge in [0.15, 0.2) is 0 Å². The first-order valence-corrected chi connectivity index (χ1v) is 6.85. The zero-order valence-corrected chi connectivity index (χ0v) is 11.9. The van der Waals surface area contributed by atoms with Crippen LogP contribution in [0.25, 0.3) is 0 Å².